The lowest BCUT2D eigenvalue weighted by Crippen LogP contribution is -2.14. The highest BCUT2D eigenvalue weighted by Crippen LogP contribution is 2.33. The Morgan fingerprint density at radius 3 is 3.06 bits per heavy atom. The molecule has 0 unspecified atom stereocenters. The van der Waals surface area contributed by atoms with Crippen molar-refractivity contribution in [1.82, 2.24) is 4.98 Å². The van der Waals surface area contributed by atoms with Crippen molar-refractivity contribution >= 4 is 50.8 Å². The molecule has 2 N–H and O–H groups in total. The summed E-state index contributed by atoms with van der Waals surface area (Å²) in [5.41, 5.74) is 9.78. The van der Waals surface area contributed by atoms with Gasteiger partial charge in [-0.3, -0.25) is 4.98 Å². The predicted molar refractivity (Wildman–Crippen MR) is 77.2 cm³/mol. The van der Waals surface area contributed by atoms with E-state index in [0.29, 0.717) is 18.2 Å². The van der Waals surface area contributed by atoms with E-state index >= 15 is 0 Å². The highest BCUT2D eigenvalue weighted by Gasteiger charge is 2.18. The number of rotatable bonds is 0. The number of hydrogen-bond acceptors (Lipinski definition) is 3. The first-order valence-electron chi connectivity index (χ1n) is 5.30. The van der Waals surface area contributed by atoms with E-state index < -0.39 is 0 Å². The molecule has 0 aliphatic carbocycles. The number of fused-ring (bicyclic) bond motifs is 2. The van der Waals surface area contributed by atoms with Gasteiger partial charge in [-0.05, 0) is 34.7 Å². The zero-order valence-electron chi connectivity index (χ0n) is 8.96. The van der Waals surface area contributed by atoms with Crippen LogP contribution in [0.25, 0.3) is 10.9 Å². The first-order chi connectivity index (χ1) is 8.16. The van der Waals surface area contributed by atoms with Crippen molar-refractivity contribution < 1.29 is 4.74 Å². The molecule has 1 aromatic heterocycles. The Kier molecular flexibility index (Phi) is 2.88. The minimum absolute atomic E-state index is 0.549. The Morgan fingerprint density at radius 1 is 1.41 bits per heavy atom. The molecule has 0 bridgehead atoms. The molecule has 1 aliphatic rings. The van der Waals surface area contributed by atoms with Crippen LogP contribution in [0, 0.1) is 3.57 Å². The average molecular weight is 361 g/mol. The van der Waals surface area contributed by atoms with Gasteiger partial charge in [-0.2, -0.15) is 0 Å². The second-order valence-corrected chi connectivity index (χ2v) is 5.69. The quantitative estimate of drug-likeness (QED) is 0.734. The molecule has 17 heavy (non-hydrogen) atoms. The first kappa shape index (κ1) is 11.5. The number of halogens is 2. The monoisotopic (exact) mass is 360 g/mol. The van der Waals surface area contributed by atoms with E-state index in [1.54, 1.807) is 0 Å². The maximum Gasteiger partial charge on any atom is 0.0913 e. The molecular formula is C12H10ClIN2O. The molecule has 0 saturated carbocycles. The summed E-state index contributed by atoms with van der Waals surface area (Å²) in [5, 5.41) is 1.58. The average Bonchev–Trinajstić information content (AvgIpc) is 2.31. The van der Waals surface area contributed by atoms with Crippen molar-refractivity contribution in [2.75, 3.05) is 12.3 Å². The largest absolute Gasteiger partial charge is 0.398 e. The Balaban J connectivity index is 2.40. The normalized spacial score (nSPS) is 14.9. The number of nitrogens with two attached hydrogens (primary N) is 1. The zero-order chi connectivity index (χ0) is 12.0. The van der Waals surface area contributed by atoms with Crippen LogP contribution in [-0.4, -0.2) is 11.6 Å². The number of benzene rings is 1. The Hall–Kier alpha value is -0.590. The van der Waals surface area contributed by atoms with Crippen LogP contribution in [0.3, 0.4) is 0 Å². The molecule has 0 fully saturated rings. The minimum Gasteiger partial charge on any atom is -0.398 e. The SMILES string of the molecule is Nc1c2c(nc3c(Cl)cc(I)cc13)CCOC2. The molecule has 2 heterocycles. The molecular weight excluding hydrogens is 351 g/mol. The van der Waals surface area contributed by atoms with Crippen LogP contribution in [0.5, 0.6) is 0 Å². The number of nitrogen functional groups attached to an aromatic ring is 1. The van der Waals surface area contributed by atoms with Gasteiger partial charge >= 0.3 is 0 Å². The number of aromatic nitrogens is 1. The van der Waals surface area contributed by atoms with Crippen LogP contribution in [0.2, 0.25) is 5.02 Å². The maximum atomic E-state index is 6.22. The van der Waals surface area contributed by atoms with Crippen molar-refractivity contribution in [3.8, 4) is 0 Å². The lowest BCUT2D eigenvalue weighted by molar-refractivity contribution is 0.110. The number of anilines is 1. The Bertz CT molecular complexity index is 615. The molecule has 5 heteroatoms. The molecule has 0 spiro atoms. The van der Waals surface area contributed by atoms with Gasteiger partial charge < -0.3 is 10.5 Å². The zero-order valence-corrected chi connectivity index (χ0v) is 11.9. The third-order valence-electron chi connectivity index (χ3n) is 2.97. The van der Waals surface area contributed by atoms with Gasteiger partial charge in [-0.15, -0.1) is 0 Å². The summed E-state index contributed by atoms with van der Waals surface area (Å²) in [5.74, 6) is 0. The number of pyridine rings is 1. The van der Waals surface area contributed by atoms with Gasteiger partial charge in [-0.1, -0.05) is 11.6 Å². The standard InChI is InChI=1S/C12H10ClIN2O/c13-9-4-6(14)3-7-11(15)8-5-17-2-1-10(8)16-12(7)9/h3-4H,1-2,5H2,(H2,15,16). The maximum absolute atomic E-state index is 6.22. The van der Waals surface area contributed by atoms with Gasteiger partial charge in [0.05, 0.1) is 29.4 Å². The Morgan fingerprint density at radius 2 is 2.24 bits per heavy atom. The summed E-state index contributed by atoms with van der Waals surface area (Å²) in [7, 11) is 0. The van der Waals surface area contributed by atoms with E-state index in [9.17, 15) is 0 Å². The minimum atomic E-state index is 0.549. The van der Waals surface area contributed by atoms with Crippen LogP contribution in [-0.2, 0) is 17.8 Å². The van der Waals surface area contributed by atoms with Crippen molar-refractivity contribution in [2.24, 2.45) is 0 Å². The van der Waals surface area contributed by atoms with Gasteiger partial charge in [0.25, 0.3) is 0 Å². The van der Waals surface area contributed by atoms with Crippen molar-refractivity contribution in [3.63, 3.8) is 0 Å². The van der Waals surface area contributed by atoms with Gasteiger partial charge in [0.1, 0.15) is 0 Å². The van der Waals surface area contributed by atoms with E-state index in [-0.39, 0.29) is 0 Å². The molecule has 3 rings (SSSR count). The van der Waals surface area contributed by atoms with Gasteiger partial charge in [-0.25, -0.2) is 0 Å². The van der Waals surface area contributed by atoms with Crippen LogP contribution < -0.4 is 5.73 Å². The predicted octanol–water partition coefficient (Wildman–Crippen LogP) is 3.15. The summed E-state index contributed by atoms with van der Waals surface area (Å²) in [6.45, 7) is 1.25. The third kappa shape index (κ3) is 1.88. The highest BCUT2D eigenvalue weighted by atomic mass is 127. The number of ether oxygens (including phenoxy) is 1. The molecule has 3 nitrogen and oxygen atoms in total. The van der Waals surface area contributed by atoms with E-state index in [4.69, 9.17) is 22.1 Å². The fourth-order valence-corrected chi connectivity index (χ4v) is 3.18. The summed E-state index contributed by atoms with van der Waals surface area (Å²) < 4.78 is 6.49. The van der Waals surface area contributed by atoms with Gasteiger partial charge in [0, 0.05) is 26.6 Å². The lowest BCUT2D eigenvalue weighted by Gasteiger charge is -2.19. The van der Waals surface area contributed by atoms with E-state index in [0.717, 1.165) is 37.8 Å². The topological polar surface area (TPSA) is 48.1 Å². The molecule has 0 saturated heterocycles. The summed E-state index contributed by atoms with van der Waals surface area (Å²) >= 11 is 8.45. The molecule has 0 atom stereocenters. The third-order valence-corrected chi connectivity index (χ3v) is 3.88. The lowest BCUT2D eigenvalue weighted by atomic mass is 10.0. The summed E-state index contributed by atoms with van der Waals surface area (Å²) in [4.78, 5) is 4.62. The van der Waals surface area contributed by atoms with Crippen molar-refractivity contribution in [2.45, 2.75) is 13.0 Å². The van der Waals surface area contributed by atoms with Crippen molar-refractivity contribution in [3.05, 3.63) is 32.0 Å². The van der Waals surface area contributed by atoms with Crippen LogP contribution in [0.4, 0.5) is 5.69 Å². The molecule has 0 amide bonds. The second kappa shape index (κ2) is 4.26. The van der Waals surface area contributed by atoms with Crippen LogP contribution in [0.1, 0.15) is 11.3 Å². The van der Waals surface area contributed by atoms with E-state index in [1.165, 1.54) is 0 Å². The first-order valence-corrected chi connectivity index (χ1v) is 6.76. The fourth-order valence-electron chi connectivity index (χ4n) is 2.12. The second-order valence-electron chi connectivity index (χ2n) is 4.04. The number of nitrogens with zero attached hydrogens (tertiary/aromatic N) is 1. The summed E-state index contributed by atoms with van der Waals surface area (Å²) in [6.07, 6.45) is 0.803. The van der Waals surface area contributed by atoms with E-state index in [1.807, 2.05) is 12.1 Å². The molecule has 88 valence electrons. The van der Waals surface area contributed by atoms with Crippen LogP contribution in [0.15, 0.2) is 12.1 Å². The van der Waals surface area contributed by atoms with Gasteiger partial charge in [0.2, 0.25) is 0 Å². The summed E-state index contributed by atoms with van der Waals surface area (Å²) in [6, 6.07) is 3.92. The molecule has 1 aliphatic heterocycles. The van der Waals surface area contributed by atoms with E-state index in [2.05, 4.69) is 27.6 Å². The molecule has 0 radical (unpaired) electrons. The molecule has 2 aromatic rings. The Labute approximate surface area is 117 Å². The van der Waals surface area contributed by atoms with Crippen LogP contribution >= 0.6 is 34.2 Å². The van der Waals surface area contributed by atoms with Crippen molar-refractivity contribution in [1.29, 1.82) is 0 Å². The highest BCUT2D eigenvalue weighted by molar-refractivity contribution is 14.1. The van der Waals surface area contributed by atoms with Gasteiger partial charge in [0.15, 0.2) is 0 Å². The smallest absolute Gasteiger partial charge is 0.0913 e. The number of hydrogen-bond donors (Lipinski definition) is 1. The fraction of sp³-hybridized carbons (Fsp3) is 0.250. The molecule has 1 aromatic carbocycles.